The van der Waals surface area contributed by atoms with Crippen molar-refractivity contribution < 1.29 is 26.3 Å². The van der Waals surface area contributed by atoms with Crippen molar-refractivity contribution in [1.29, 1.82) is 0 Å². The summed E-state index contributed by atoms with van der Waals surface area (Å²) in [6.45, 7) is 2.07. The summed E-state index contributed by atoms with van der Waals surface area (Å²) >= 11 is 0. The van der Waals surface area contributed by atoms with Crippen molar-refractivity contribution in [1.82, 2.24) is 10.0 Å². The fraction of sp³-hybridized carbons (Fsp3) is 0.360. The molecular formula is C25H27F3N2O3S. The van der Waals surface area contributed by atoms with Crippen LogP contribution in [0.25, 0.3) is 10.8 Å². The molecular weight excluding hydrogens is 465 g/mol. The standard InChI is InChI=1S/C25H27F3N2O3S/c1-17(21-10-6-8-18-7-2-3-9-22(18)21)29-23-11-4-5-12-24(23)30-34(31,32)20-15-13-19(14-16-20)33-25(26,27)28/h2-3,6-10,13-17,23-24,29-30H,4-5,11-12H2,1H3/t17?,23-,24-/m0/s1. The number of fused-ring (bicyclic) bond motifs is 1. The molecule has 1 saturated carbocycles. The third kappa shape index (κ3) is 5.89. The summed E-state index contributed by atoms with van der Waals surface area (Å²) in [6.07, 6.45) is -1.45. The predicted octanol–water partition coefficient (Wildman–Crippen LogP) is 5.68. The molecule has 0 saturated heterocycles. The molecule has 0 radical (unpaired) electrons. The SMILES string of the molecule is CC(N[C@H]1CCCC[C@@H]1NS(=O)(=O)c1ccc(OC(F)(F)F)cc1)c1cccc2ccccc12. The average molecular weight is 493 g/mol. The van der Waals surface area contributed by atoms with E-state index in [1.807, 2.05) is 18.2 Å². The van der Waals surface area contributed by atoms with Crippen LogP contribution in [0.5, 0.6) is 5.75 Å². The van der Waals surface area contributed by atoms with Crippen LogP contribution < -0.4 is 14.8 Å². The Balaban J connectivity index is 1.48. The van der Waals surface area contributed by atoms with Crippen LogP contribution >= 0.6 is 0 Å². The van der Waals surface area contributed by atoms with Gasteiger partial charge in [-0.15, -0.1) is 13.2 Å². The predicted molar refractivity (Wildman–Crippen MR) is 125 cm³/mol. The zero-order valence-electron chi connectivity index (χ0n) is 18.7. The summed E-state index contributed by atoms with van der Waals surface area (Å²) in [4.78, 5) is -0.103. The Kier molecular flexibility index (Phi) is 7.16. The van der Waals surface area contributed by atoms with Crippen molar-refractivity contribution in [3.05, 3.63) is 72.3 Å². The highest BCUT2D eigenvalue weighted by Gasteiger charge is 2.32. The molecule has 34 heavy (non-hydrogen) atoms. The molecule has 4 rings (SSSR count). The molecule has 0 aromatic heterocycles. The minimum Gasteiger partial charge on any atom is -0.406 e. The molecule has 2 N–H and O–H groups in total. The van der Waals surface area contributed by atoms with Crippen molar-refractivity contribution in [2.24, 2.45) is 0 Å². The lowest BCUT2D eigenvalue weighted by Crippen LogP contribution is -2.52. The van der Waals surface area contributed by atoms with Gasteiger partial charge in [0.15, 0.2) is 0 Å². The Morgan fingerprint density at radius 2 is 1.56 bits per heavy atom. The van der Waals surface area contributed by atoms with Gasteiger partial charge < -0.3 is 10.1 Å². The molecule has 0 aliphatic heterocycles. The Morgan fingerprint density at radius 3 is 2.26 bits per heavy atom. The lowest BCUT2D eigenvalue weighted by Gasteiger charge is -2.35. The third-order valence-electron chi connectivity index (χ3n) is 6.19. The highest BCUT2D eigenvalue weighted by atomic mass is 32.2. The molecule has 0 bridgehead atoms. The number of benzene rings is 3. The topological polar surface area (TPSA) is 67.4 Å². The quantitative estimate of drug-likeness (QED) is 0.445. The Bertz CT molecular complexity index is 1220. The number of alkyl halides is 3. The van der Waals surface area contributed by atoms with Crippen LogP contribution in [0.15, 0.2) is 71.6 Å². The van der Waals surface area contributed by atoms with Crippen LogP contribution in [0.3, 0.4) is 0 Å². The zero-order valence-corrected chi connectivity index (χ0v) is 19.5. The Labute approximate surface area is 197 Å². The van der Waals surface area contributed by atoms with E-state index in [1.165, 1.54) is 0 Å². The fourth-order valence-corrected chi connectivity index (χ4v) is 5.91. The number of ether oxygens (including phenoxy) is 1. The highest BCUT2D eigenvalue weighted by molar-refractivity contribution is 7.89. The number of halogens is 3. The molecule has 3 atom stereocenters. The van der Waals surface area contributed by atoms with E-state index in [4.69, 9.17) is 0 Å². The average Bonchev–Trinajstić information content (AvgIpc) is 2.79. The lowest BCUT2D eigenvalue weighted by atomic mass is 9.89. The van der Waals surface area contributed by atoms with Gasteiger partial charge in [-0.25, -0.2) is 13.1 Å². The number of hydrogen-bond donors (Lipinski definition) is 2. The van der Waals surface area contributed by atoms with Gasteiger partial charge in [0, 0.05) is 18.1 Å². The summed E-state index contributed by atoms with van der Waals surface area (Å²) in [5.41, 5.74) is 1.14. The van der Waals surface area contributed by atoms with Crippen LogP contribution in [0.2, 0.25) is 0 Å². The first kappa shape index (κ1) is 24.5. The minimum absolute atomic E-state index is 0.00000451. The molecule has 1 fully saturated rings. The van der Waals surface area contributed by atoms with E-state index in [9.17, 15) is 21.6 Å². The van der Waals surface area contributed by atoms with Crippen molar-refractivity contribution >= 4 is 20.8 Å². The number of hydrogen-bond acceptors (Lipinski definition) is 4. The van der Waals surface area contributed by atoms with Crippen molar-refractivity contribution in [2.45, 2.75) is 62.0 Å². The van der Waals surface area contributed by atoms with Gasteiger partial charge >= 0.3 is 6.36 Å². The van der Waals surface area contributed by atoms with E-state index < -0.39 is 22.1 Å². The monoisotopic (exact) mass is 492 g/mol. The third-order valence-corrected chi connectivity index (χ3v) is 7.70. The first-order valence-corrected chi connectivity index (χ1v) is 12.7. The van der Waals surface area contributed by atoms with E-state index in [-0.39, 0.29) is 23.0 Å². The fourth-order valence-electron chi connectivity index (χ4n) is 4.60. The maximum absolute atomic E-state index is 13.0. The second-order valence-electron chi connectivity index (χ2n) is 8.59. The van der Waals surface area contributed by atoms with Crippen LogP contribution in [0, 0.1) is 0 Å². The van der Waals surface area contributed by atoms with E-state index in [0.717, 1.165) is 59.9 Å². The van der Waals surface area contributed by atoms with Gasteiger partial charge in [0.1, 0.15) is 5.75 Å². The van der Waals surface area contributed by atoms with Gasteiger partial charge in [-0.05, 0) is 60.4 Å². The van der Waals surface area contributed by atoms with Crippen LogP contribution in [0.4, 0.5) is 13.2 Å². The number of rotatable bonds is 7. The van der Waals surface area contributed by atoms with Crippen molar-refractivity contribution in [3.8, 4) is 5.75 Å². The molecule has 9 heteroatoms. The van der Waals surface area contributed by atoms with Gasteiger partial charge in [0.05, 0.1) is 4.90 Å². The second-order valence-corrected chi connectivity index (χ2v) is 10.3. The summed E-state index contributed by atoms with van der Waals surface area (Å²) in [6, 6.07) is 18.1. The molecule has 0 spiro atoms. The summed E-state index contributed by atoms with van der Waals surface area (Å²) in [5, 5.41) is 5.91. The molecule has 1 aliphatic rings. The van der Waals surface area contributed by atoms with Crippen LogP contribution in [-0.2, 0) is 10.0 Å². The van der Waals surface area contributed by atoms with Crippen molar-refractivity contribution in [3.63, 3.8) is 0 Å². The number of nitrogens with one attached hydrogen (secondary N) is 2. The van der Waals surface area contributed by atoms with Gasteiger partial charge in [-0.3, -0.25) is 0 Å². The van der Waals surface area contributed by atoms with Crippen LogP contribution in [0.1, 0.15) is 44.2 Å². The van der Waals surface area contributed by atoms with E-state index in [0.29, 0.717) is 6.42 Å². The first-order chi connectivity index (χ1) is 16.1. The molecule has 182 valence electrons. The van der Waals surface area contributed by atoms with Crippen molar-refractivity contribution in [2.75, 3.05) is 0 Å². The zero-order chi connectivity index (χ0) is 24.3. The van der Waals surface area contributed by atoms with E-state index >= 15 is 0 Å². The smallest absolute Gasteiger partial charge is 0.406 e. The van der Waals surface area contributed by atoms with Gasteiger partial charge in [0.25, 0.3) is 0 Å². The Morgan fingerprint density at radius 1 is 0.912 bits per heavy atom. The minimum atomic E-state index is -4.83. The molecule has 5 nitrogen and oxygen atoms in total. The van der Waals surface area contributed by atoms with Gasteiger partial charge in [-0.1, -0.05) is 55.3 Å². The van der Waals surface area contributed by atoms with E-state index in [1.54, 1.807) is 0 Å². The summed E-state index contributed by atoms with van der Waals surface area (Å²) in [5.74, 6) is -0.465. The lowest BCUT2D eigenvalue weighted by molar-refractivity contribution is -0.274. The molecule has 1 aliphatic carbocycles. The molecule has 0 heterocycles. The number of sulfonamides is 1. The molecule has 3 aromatic rings. The largest absolute Gasteiger partial charge is 0.573 e. The molecule has 0 amide bonds. The maximum atomic E-state index is 13.0. The second kappa shape index (κ2) is 9.93. The summed E-state index contributed by atoms with van der Waals surface area (Å²) < 4.78 is 69.7. The normalized spacial score (nSPS) is 20.2. The highest BCUT2D eigenvalue weighted by Crippen LogP contribution is 2.28. The molecule has 1 unspecified atom stereocenters. The van der Waals surface area contributed by atoms with Gasteiger partial charge in [-0.2, -0.15) is 0 Å². The molecule has 3 aromatic carbocycles. The maximum Gasteiger partial charge on any atom is 0.573 e. The Hall–Kier alpha value is -2.62. The summed E-state index contributed by atoms with van der Waals surface area (Å²) in [7, 11) is -3.92. The van der Waals surface area contributed by atoms with Gasteiger partial charge in [0.2, 0.25) is 10.0 Å². The first-order valence-electron chi connectivity index (χ1n) is 11.2. The van der Waals surface area contributed by atoms with E-state index in [2.05, 4.69) is 46.0 Å². The van der Waals surface area contributed by atoms with Crippen LogP contribution in [-0.4, -0.2) is 26.9 Å².